The van der Waals surface area contributed by atoms with E-state index in [1.54, 1.807) is 12.1 Å². The average molecular weight is 296 g/mol. The Morgan fingerprint density at radius 1 is 1.21 bits per heavy atom. The van der Waals surface area contributed by atoms with E-state index in [-0.39, 0.29) is 11.9 Å². The number of rotatable bonds is 4. The molecule has 0 aliphatic carbocycles. The molecule has 0 spiro atoms. The molecule has 0 radical (unpaired) electrons. The summed E-state index contributed by atoms with van der Waals surface area (Å²) in [5, 5.41) is 0.675. The van der Waals surface area contributed by atoms with Gasteiger partial charge in [0.05, 0.1) is 0 Å². The minimum Gasteiger partial charge on any atom is -0.328 e. The molecule has 0 saturated carbocycles. The Kier molecular flexibility index (Phi) is 4.86. The largest absolute Gasteiger partial charge is 0.328 e. The third kappa shape index (κ3) is 3.96. The van der Waals surface area contributed by atoms with Crippen LogP contribution in [0.25, 0.3) is 0 Å². The molecule has 100 valence electrons. The summed E-state index contributed by atoms with van der Waals surface area (Å²) in [5.74, 6) is -0.214. The highest BCUT2D eigenvalue weighted by molar-refractivity contribution is 7.99. The van der Waals surface area contributed by atoms with E-state index in [9.17, 15) is 4.39 Å². The van der Waals surface area contributed by atoms with Crippen molar-refractivity contribution in [1.82, 2.24) is 0 Å². The van der Waals surface area contributed by atoms with Crippen LogP contribution in [0.5, 0.6) is 0 Å². The van der Waals surface area contributed by atoms with Gasteiger partial charge in [0.15, 0.2) is 0 Å². The Morgan fingerprint density at radius 3 is 2.63 bits per heavy atom. The molecule has 4 heteroatoms. The lowest BCUT2D eigenvalue weighted by Gasteiger charge is -2.12. The zero-order chi connectivity index (χ0) is 13.8. The van der Waals surface area contributed by atoms with Crippen molar-refractivity contribution in [1.29, 1.82) is 0 Å². The van der Waals surface area contributed by atoms with Crippen molar-refractivity contribution in [2.24, 2.45) is 5.73 Å². The van der Waals surface area contributed by atoms with Gasteiger partial charge in [0.25, 0.3) is 0 Å². The monoisotopic (exact) mass is 295 g/mol. The molecule has 0 aromatic heterocycles. The fourth-order valence-corrected chi connectivity index (χ4v) is 2.95. The van der Waals surface area contributed by atoms with Gasteiger partial charge in [-0.2, -0.15) is 0 Å². The van der Waals surface area contributed by atoms with E-state index in [2.05, 4.69) is 0 Å². The first-order valence-corrected chi connectivity index (χ1v) is 7.22. The van der Waals surface area contributed by atoms with Gasteiger partial charge in [-0.3, -0.25) is 0 Å². The fraction of sp³-hybridized carbons (Fsp3) is 0.200. The average Bonchev–Trinajstić information content (AvgIpc) is 2.34. The van der Waals surface area contributed by atoms with Gasteiger partial charge in [-0.15, -0.1) is 0 Å². The van der Waals surface area contributed by atoms with Crippen molar-refractivity contribution >= 4 is 23.4 Å². The Hall–Kier alpha value is -1.03. The molecular weight excluding hydrogens is 281 g/mol. The molecule has 0 aliphatic heterocycles. The van der Waals surface area contributed by atoms with Crippen LogP contribution >= 0.6 is 23.4 Å². The molecule has 19 heavy (non-hydrogen) atoms. The summed E-state index contributed by atoms with van der Waals surface area (Å²) in [6, 6.07) is 12.4. The summed E-state index contributed by atoms with van der Waals surface area (Å²) in [7, 11) is 0. The Bertz CT molecular complexity index is 572. The summed E-state index contributed by atoms with van der Waals surface area (Å²) in [6.45, 7) is 1.94. The van der Waals surface area contributed by atoms with Gasteiger partial charge in [-0.05, 0) is 49.2 Å². The summed E-state index contributed by atoms with van der Waals surface area (Å²) in [6.07, 6.45) is 0.720. The van der Waals surface area contributed by atoms with Crippen molar-refractivity contribution in [3.05, 3.63) is 58.9 Å². The molecule has 0 amide bonds. The maximum Gasteiger partial charge on any atom is 0.137 e. The molecule has 0 heterocycles. The lowest BCUT2D eigenvalue weighted by molar-refractivity contribution is 0.602. The van der Waals surface area contributed by atoms with Crippen LogP contribution in [0.4, 0.5) is 4.39 Å². The van der Waals surface area contributed by atoms with Gasteiger partial charge in [0, 0.05) is 20.9 Å². The van der Waals surface area contributed by atoms with E-state index in [0.717, 1.165) is 16.9 Å². The molecule has 1 unspecified atom stereocenters. The standard InChI is InChI=1S/C15H15ClFNS/c1-10(18)8-11-9-12(16)6-7-14(11)19-15-5-3-2-4-13(15)17/h2-7,9-10H,8,18H2,1H3. The first-order chi connectivity index (χ1) is 9.06. The molecular formula is C15H15ClFNS. The van der Waals surface area contributed by atoms with Gasteiger partial charge in [-0.25, -0.2) is 4.39 Å². The van der Waals surface area contributed by atoms with E-state index >= 15 is 0 Å². The highest BCUT2D eigenvalue weighted by Crippen LogP contribution is 2.33. The lowest BCUT2D eigenvalue weighted by Crippen LogP contribution is -2.18. The van der Waals surface area contributed by atoms with Gasteiger partial charge >= 0.3 is 0 Å². The van der Waals surface area contributed by atoms with Gasteiger partial charge in [0.1, 0.15) is 5.82 Å². The molecule has 2 aromatic carbocycles. The second-order valence-corrected chi connectivity index (χ2v) is 5.99. The summed E-state index contributed by atoms with van der Waals surface area (Å²) >= 11 is 7.41. The fourth-order valence-electron chi connectivity index (χ4n) is 1.80. The van der Waals surface area contributed by atoms with Crippen molar-refractivity contribution < 1.29 is 4.39 Å². The zero-order valence-corrected chi connectivity index (χ0v) is 12.1. The summed E-state index contributed by atoms with van der Waals surface area (Å²) in [5.41, 5.74) is 6.89. The normalized spacial score (nSPS) is 12.4. The maximum atomic E-state index is 13.7. The lowest BCUT2D eigenvalue weighted by atomic mass is 10.1. The molecule has 2 rings (SSSR count). The number of hydrogen-bond acceptors (Lipinski definition) is 2. The number of benzene rings is 2. The van der Waals surface area contributed by atoms with Crippen LogP contribution in [-0.4, -0.2) is 6.04 Å². The molecule has 1 nitrogen and oxygen atoms in total. The Labute approximate surface area is 122 Å². The minimum atomic E-state index is -0.214. The van der Waals surface area contributed by atoms with Crippen LogP contribution in [0.3, 0.4) is 0 Å². The second-order valence-electron chi connectivity index (χ2n) is 4.47. The quantitative estimate of drug-likeness (QED) is 0.897. The number of nitrogens with two attached hydrogens (primary N) is 1. The van der Waals surface area contributed by atoms with Crippen molar-refractivity contribution in [3.63, 3.8) is 0 Å². The smallest absolute Gasteiger partial charge is 0.137 e. The van der Waals surface area contributed by atoms with E-state index < -0.39 is 0 Å². The van der Waals surface area contributed by atoms with Crippen LogP contribution < -0.4 is 5.73 Å². The minimum absolute atomic E-state index is 0.0402. The summed E-state index contributed by atoms with van der Waals surface area (Å²) in [4.78, 5) is 1.60. The molecule has 0 aliphatic rings. The topological polar surface area (TPSA) is 26.0 Å². The molecule has 0 fully saturated rings. The Balaban J connectivity index is 2.32. The van der Waals surface area contributed by atoms with E-state index in [1.165, 1.54) is 17.8 Å². The highest BCUT2D eigenvalue weighted by Gasteiger charge is 2.10. The van der Waals surface area contributed by atoms with Gasteiger partial charge in [0.2, 0.25) is 0 Å². The highest BCUT2D eigenvalue weighted by atomic mass is 35.5. The van der Waals surface area contributed by atoms with Crippen LogP contribution in [0.1, 0.15) is 12.5 Å². The molecule has 0 saturated heterocycles. The van der Waals surface area contributed by atoms with Crippen LogP contribution in [0.2, 0.25) is 5.02 Å². The van der Waals surface area contributed by atoms with Crippen molar-refractivity contribution in [3.8, 4) is 0 Å². The van der Waals surface area contributed by atoms with Gasteiger partial charge in [-0.1, -0.05) is 35.5 Å². The van der Waals surface area contributed by atoms with Crippen LogP contribution in [0, 0.1) is 5.82 Å². The predicted octanol–water partition coefficient (Wildman–Crippen LogP) is 4.52. The van der Waals surface area contributed by atoms with E-state index in [4.69, 9.17) is 17.3 Å². The first-order valence-electron chi connectivity index (χ1n) is 6.02. The van der Waals surface area contributed by atoms with Crippen molar-refractivity contribution in [2.75, 3.05) is 0 Å². The van der Waals surface area contributed by atoms with E-state index in [1.807, 2.05) is 31.2 Å². The number of hydrogen-bond donors (Lipinski definition) is 1. The molecule has 0 bridgehead atoms. The van der Waals surface area contributed by atoms with Gasteiger partial charge < -0.3 is 5.73 Å². The Morgan fingerprint density at radius 2 is 1.95 bits per heavy atom. The molecule has 1 atom stereocenters. The number of halogens is 2. The van der Waals surface area contributed by atoms with Crippen LogP contribution in [0.15, 0.2) is 52.3 Å². The summed E-state index contributed by atoms with van der Waals surface area (Å²) < 4.78 is 13.7. The van der Waals surface area contributed by atoms with Crippen LogP contribution in [-0.2, 0) is 6.42 Å². The third-order valence-electron chi connectivity index (χ3n) is 2.62. The predicted molar refractivity (Wildman–Crippen MR) is 79.3 cm³/mol. The third-order valence-corrected chi connectivity index (χ3v) is 4.03. The molecule has 2 aromatic rings. The SMILES string of the molecule is CC(N)Cc1cc(Cl)ccc1Sc1ccccc1F. The van der Waals surface area contributed by atoms with Crippen molar-refractivity contribution in [2.45, 2.75) is 29.2 Å². The first kappa shape index (κ1) is 14.4. The zero-order valence-electron chi connectivity index (χ0n) is 10.6. The second kappa shape index (κ2) is 6.42. The van der Waals surface area contributed by atoms with E-state index in [0.29, 0.717) is 9.92 Å². The maximum absolute atomic E-state index is 13.7. The molecule has 2 N–H and O–H groups in total.